The Bertz CT molecular complexity index is 399. The molecule has 0 atom stereocenters. The minimum atomic E-state index is 0.311. The van der Waals surface area contributed by atoms with Gasteiger partial charge in [0.05, 0.1) is 0 Å². The maximum absolute atomic E-state index is 9.21. The van der Waals surface area contributed by atoms with Gasteiger partial charge in [-0.15, -0.1) is 0 Å². The molecule has 1 saturated carbocycles. The minimum Gasteiger partial charge on any atom is -0.508 e. The van der Waals surface area contributed by atoms with Crippen LogP contribution in [0.1, 0.15) is 37.7 Å². The molecule has 1 aliphatic carbocycles. The third kappa shape index (κ3) is 5.07. The van der Waals surface area contributed by atoms with Gasteiger partial charge in [-0.25, -0.2) is 0 Å². The molecular formula is C15H22N2OS. The van der Waals surface area contributed by atoms with Crippen LogP contribution in [0.15, 0.2) is 24.3 Å². The summed E-state index contributed by atoms with van der Waals surface area (Å²) >= 11 is 5.31. The summed E-state index contributed by atoms with van der Waals surface area (Å²) in [6.07, 6.45) is 7.37. The molecule has 0 saturated heterocycles. The van der Waals surface area contributed by atoms with Crippen LogP contribution in [0.4, 0.5) is 0 Å². The van der Waals surface area contributed by atoms with Crippen LogP contribution in [0.3, 0.4) is 0 Å². The van der Waals surface area contributed by atoms with E-state index in [4.69, 9.17) is 12.2 Å². The highest BCUT2D eigenvalue weighted by atomic mass is 32.1. The Morgan fingerprint density at radius 2 is 1.84 bits per heavy atom. The van der Waals surface area contributed by atoms with Gasteiger partial charge < -0.3 is 15.7 Å². The predicted molar refractivity (Wildman–Crippen MR) is 82.4 cm³/mol. The van der Waals surface area contributed by atoms with Crippen molar-refractivity contribution in [3.05, 3.63) is 29.8 Å². The first kappa shape index (κ1) is 14.1. The number of phenolic OH excluding ortho intramolecular Hbond substituents is 1. The fourth-order valence-corrected chi connectivity index (χ4v) is 2.74. The number of aromatic hydroxyl groups is 1. The standard InChI is InChI=1S/C15H22N2OS/c18-14-8-6-12(7-9-14)10-11-16-15(19)17-13-4-2-1-3-5-13/h6-9,13,18H,1-5,10-11H2,(H2,16,17,19). The fourth-order valence-electron chi connectivity index (χ4n) is 2.47. The first-order chi connectivity index (χ1) is 9.24. The molecular weight excluding hydrogens is 256 g/mol. The third-order valence-corrected chi connectivity index (χ3v) is 3.84. The number of hydrogen-bond acceptors (Lipinski definition) is 2. The second kappa shape index (κ2) is 7.34. The molecule has 3 N–H and O–H groups in total. The van der Waals surface area contributed by atoms with Crippen LogP contribution in [0.2, 0.25) is 0 Å². The zero-order valence-electron chi connectivity index (χ0n) is 11.2. The first-order valence-corrected chi connectivity index (χ1v) is 7.47. The number of nitrogens with one attached hydrogen (secondary N) is 2. The molecule has 1 aromatic rings. The minimum absolute atomic E-state index is 0.311. The van der Waals surface area contributed by atoms with E-state index in [1.165, 1.54) is 37.7 Å². The Labute approximate surface area is 120 Å². The van der Waals surface area contributed by atoms with E-state index >= 15 is 0 Å². The van der Waals surface area contributed by atoms with Gasteiger partial charge in [0.2, 0.25) is 0 Å². The molecule has 0 spiro atoms. The highest BCUT2D eigenvalue weighted by Gasteiger charge is 2.13. The Morgan fingerprint density at radius 1 is 1.16 bits per heavy atom. The number of rotatable bonds is 4. The second-order valence-electron chi connectivity index (χ2n) is 5.15. The molecule has 2 rings (SSSR count). The van der Waals surface area contributed by atoms with Crippen molar-refractivity contribution < 1.29 is 5.11 Å². The van der Waals surface area contributed by atoms with E-state index < -0.39 is 0 Å². The summed E-state index contributed by atoms with van der Waals surface area (Å²) in [5.74, 6) is 0.311. The van der Waals surface area contributed by atoms with E-state index in [0.717, 1.165) is 18.1 Å². The lowest BCUT2D eigenvalue weighted by Crippen LogP contribution is -2.43. The van der Waals surface area contributed by atoms with Gasteiger partial charge in [0, 0.05) is 12.6 Å². The van der Waals surface area contributed by atoms with Crippen molar-refractivity contribution in [3.63, 3.8) is 0 Å². The van der Waals surface area contributed by atoms with Gasteiger partial charge in [-0.1, -0.05) is 31.4 Å². The summed E-state index contributed by atoms with van der Waals surface area (Å²) in [5.41, 5.74) is 1.20. The molecule has 4 heteroatoms. The summed E-state index contributed by atoms with van der Waals surface area (Å²) in [6, 6.07) is 7.87. The summed E-state index contributed by atoms with van der Waals surface area (Å²) in [6.45, 7) is 0.823. The van der Waals surface area contributed by atoms with Gasteiger partial charge in [-0.3, -0.25) is 0 Å². The van der Waals surface area contributed by atoms with E-state index in [0.29, 0.717) is 11.8 Å². The molecule has 3 nitrogen and oxygen atoms in total. The lowest BCUT2D eigenvalue weighted by atomic mass is 9.96. The van der Waals surface area contributed by atoms with Crippen LogP contribution in [0.25, 0.3) is 0 Å². The van der Waals surface area contributed by atoms with Gasteiger partial charge in [0.15, 0.2) is 5.11 Å². The summed E-state index contributed by atoms with van der Waals surface area (Å²) in [7, 11) is 0. The molecule has 0 unspecified atom stereocenters. The summed E-state index contributed by atoms with van der Waals surface area (Å²) in [5, 5.41) is 16.6. The van der Waals surface area contributed by atoms with E-state index in [9.17, 15) is 5.11 Å². The van der Waals surface area contributed by atoms with Gasteiger partial charge in [0.25, 0.3) is 0 Å². The molecule has 0 heterocycles. The van der Waals surface area contributed by atoms with Crippen LogP contribution >= 0.6 is 12.2 Å². The summed E-state index contributed by atoms with van der Waals surface area (Å²) in [4.78, 5) is 0. The maximum Gasteiger partial charge on any atom is 0.166 e. The second-order valence-corrected chi connectivity index (χ2v) is 5.56. The molecule has 1 fully saturated rings. The summed E-state index contributed by atoms with van der Waals surface area (Å²) < 4.78 is 0. The molecule has 19 heavy (non-hydrogen) atoms. The Balaban J connectivity index is 1.64. The van der Waals surface area contributed by atoms with Crippen LogP contribution in [0, 0.1) is 0 Å². The van der Waals surface area contributed by atoms with Gasteiger partial charge >= 0.3 is 0 Å². The highest BCUT2D eigenvalue weighted by molar-refractivity contribution is 7.80. The normalized spacial score (nSPS) is 16.0. The monoisotopic (exact) mass is 278 g/mol. The Hall–Kier alpha value is -1.29. The third-order valence-electron chi connectivity index (χ3n) is 3.58. The molecule has 0 bridgehead atoms. The van der Waals surface area contributed by atoms with Crippen LogP contribution in [-0.2, 0) is 6.42 Å². The quantitative estimate of drug-likeness (QED) is 0.741. The zero-order chi connectivity index (χ0) is 13.5. The Morgan fingerprint density at radius 3 is 2.53 bits per heavy atom. The van der Waals surface area contributed by atoms with E-state index in [1.807, 2.05) is 12.1 Å². The van der Waals surface area contributed by atoms with Crippen LogP contribution < -0.4 is 10.6 Å². The molecule has 0 radical (unpaired) electrons. The van der Waals surface area contributed by atoms with Gasteiger partial charge in [-0.2, -0.15) is 0 Å². The van der Waals surface area contributed by atoms with Crippen molar-refractivity contribution in [1.82, 2.24) is 10.6 Å². The Kier molecular flexibility index (Phi) is 5.45. The van der Waals surface area contributed by atoms with Crippen molar-refractivity contribution in [2.45, 2.75) is 44.6 Å². The molecule has 0 amide bonds. The lowest BCUT2D eigenvalue weighted by molar-refractivity contribution is 0.412. The topological polar surface area (TPSA) is 44.3 Å². The molecule has 0 aliphatic heterocycles. The van der Waals surface area contributed by atoms with E-state index in [2.05, 4.69) is 10.6 Å². The maximum atomic E-state index is 9.21. The van der Waals surface area contributed by atoms with Crippen LogP contribution in [-0.4, -0.2) is 22.8 Å². The zero-order valence-corrected chi connectivity index (χ0v) is 12.0. The number of phenols is 1. The van der Waals surface area contributed by atoms with Crippen molar-refractivity contribution in [2.24, 2.45) is 0 Å². The van der Waals surface area contributed by atoms with E-state index in [-0.39, 0.29) is 0 Å². The van der Waals surface area contributed by atoms with Crippen molar-refractivity contribution in [3.8, 4) is 5.75 Å². The number of benzene rings is 1. The number of thiocarbonyl (C=S) groups is 1. The largest absolute Gasteiger partial charge is 0.508 e. The first-order valence-electron chi connectivity index (χ1n) is 7.06. The molecule has 0 aromatic heterocycles. The van der Waals surface area contributed by atoms with Crippen molar-refractivity contribution >= 4 is 17.3 Å². The fraction of sp³-hybridized carbons (Fsp3) is 0.533. The lowest BCUT2D eigenvalue weighted by Gasteiger charge is -2.24. The highest BCUT2D eigenvalue weighted by Crippen LogP contribution is 2.17. The smallest absolute Gasteiger partial charge is 0.166 e. The molecule has 1 aliphatic rings. The molecule has 104 valence electrons. The molecule has 1 aromatic carbocycles. The van der Waals surface area contributed by atoms with Crippen molar-refractivity contribution in [1.29, 1.82) is 0 Å². The van der Waals surface area contributed by atoms with E-state index in [1.54, 1.807) is 12.1 Å². The SMILES string of the molecule is Oc1ccc(CCNC(=S)NC2CCCCC2)cc1. The average Bonchev–Trinajstić information content (AvgIpc) is 2.42. The van der Waals surface area contributed by atoms with Crippen LogP contribution in [0.5, 0.6) is 5.75 Å². The van der Waals surface area contributed by atoms with Gasteiger partial charge in [0.1, 0.15) is 5.75 Å². The van der Waals surface area contributed by atoms with Crippen molar-refractivity contribution in [2.75, 3.05) is 6.54 Å². The number of hydrogen-bond donors (Lipinski definition) is 3. The van der Waals surface area contributed by atoms with Gasteiger partial charge in [-0.05, 0) is 49.2 Å². The predicted octanol–water partition coefficient (Wildman–Crippen LogP) is 2.73. The average molecular weight is 278 g/mol.